The molecule has 0 heterocycles. The van der Waals surface area contributed by atoms with Crippen LogP contribution in [0.25, 0.3) is 0 Å². The molecule has 0 aliphatic heterocycles. The third-order valence-electron chi connectivity index (χ3n) is 1.08. The Labute approximate surface area is 60.4 Å². The zero-order valence-corrected chi connectivity index (χ0v) is 6.16. The highest BCUT2D eigenvalue weighted by molar-refractivity contribution is 9.09. The van der Waals surface area contributed by atoms with E-state index in [-0.39, 0.29) is 11.2 Å². The molecule has 9 heavy (non-hydrogen) atoms. The van der Waals surface area contributed by atoms with Gasteiger partial charge in [-0.15, -0.1) is 0 Å². The van der Waals surface area contributed by atoms with Gasteiger partial charge in [-0.1, -0.05) is 22.0 Å². The summed E-state index contributed by atoms with van der Waals surface area (Å²) in [6, 6.07) is 0. The van der Waals surface area contributed by atoms with Gasteiger partial charge in [0.05, 0.1) is 0 Å². The topological polar surface area (TPSA) is 0 Å². The smallest absolute Gasteiger partial charge is 0.154 e. The number of rotatable bonds is 0. The van der Waals surface area contributed by atoms with E-state index in [2.05, 4.69) is 15.9 Å². The Hall–Kier alpha value is -0.180. The lowest BCUT2D eigenvalue weighted by molar-refractivity contribution is 0.519. The van der Waals surface area contributed by atoms with E-state index in [0.29, 0.717) is 0 Å². The lowest BCUT2D eigenvalue weighted by atomic mass is 10.2. The minimum absolute atomic E-state index is 0.0444. The van der Waals surface area contributed by atoms with Crippen molar-refractivity contribution in [2.24, 2.45) is 0 Å². The van der Waals surface area contributed by atoms with Crippen molar-refractivity contribution in [1.29, 1.82) is 0 Å². The molecule has 50 valence electrons. The molecule has 0 nitrogen and oxygen atoms in total. The van der Waals surface area contributed by atoms with Crippen LogP contribution in [0.5, 0.6) is 0 Å². The molecule has 0 fully saturated rings. The van der Waals surface area contributed by atoms with Gasteiger partial charge < -0.3 is 0 Å². The van der Waals surface area contributed by atoms with Crippen molar-refractivity contribution in [3.8, 4) is 0 Å². The summed E-state index contributed by atoms with van der Waals surface area (Å²) in [6.45, 7) is 0. The zero-order chi connectivity index (χ0) is 6.85. The molecule has 3 heteroatoms. The van der Waals surface area contributed by atoms with Gasteiger partial charge in [-0.3, -0.25) is 0 Å². The van der Waals surface area contributed by atoms with Crippen molar-refractivity contribution in [1.82, 2.24) is 0 Å². The first-order chi connectivity index (χ1) is 4.20. The van der Waals surface area contributed by atoms with Gasteiger partial charge in [-0.05, 0) is 6.08 Å². The molecule has 0 radical (unpaired) electrons. The van der Waals surface area contributed by atoms with E-state index >= 15 is 0 Å². The Morgan fingerprint density at radius 2 is 2.22 bits per heavy atom. The van der Waals surface area contributed by atoms with Gasteiger partial charge in [-0.25, -0.2) is 8.78 Å². The highest BCUT2D eigenvalue weighted by atomic mass is 79.9. The Morgan fingerprint density at radius 1 is 1.56 bits per heavy atom. The fraction of sp³-hybridized carbons (Fsp3) is 0.333. The zero-order valence-electron chi connectivity index (χ0n) is 4.57. The molecule has 1 atom stereocenters. The molecule has 1 rings (SSSR count). The van der Waals surface area contributed by atoms with Crippen molar-refractivity contribution in [3.05, 3.63) is 23.8 Å². The van der Waals surface area contributed by atoms with Crippen molar-refractivity contribution in [2.75, 3.05) is 0 Å². The van der Waals surface area contributed by atoms with E-state index in [0.717, 1.165) is 6.08 Å². The summed E-state index contributed by atoms with van der Waals surface area (Å²) in [4.78, 5) is -0.0444. The number of allylic oxidation sites excluding steroid dienone is 4. The summed E-state index contributed by atoms with van der Waals surface area (Å²) in [7, 11) is 0. The van der Waals surface area contributed by atoms with Crippen molar-refractivity contribution < 1.29 is 8.78 Å². The van der Waals surface area contributed by atoms with Crippen LogP contribution in [0.1, 0.15) is 6.42 Å². The first kappa shape index (κ1) is 6.93. The Bertz CT molecular complexity index is 172. The van der Waals surface area contributed by atoms with E-state index in [1.54, 1.807) is 6.08 Å². The van der Waals surface area contributed by atoms with Crippen molar-refractivity contribution in [2.45, 2.75) is 11.2 Å². The molecule has 0 saturated heterocycles. The number of hydrogen-bond acceptors (Lipinski definition) is 0. The quantitative estimate of drug-likeness (QED) is 0.521. The van der Waals surface area contributed by atoms with Crippen LogP contribution in [0, 0.1) is 0 Å². The predicted molar refractivity (Wildman–Crippen MR) is 35.7 cm³/mol. The van der Waals surface area contributed by atoms with Gasteiger partial charge in [0.1, 0.15) is 5.83 Å². The first-order valence-corrected chi connectivity index (χ1v) is 3.48. The maximum Gasteiger partial charge on any atom is 0.154 e. The number of hydrogen-bond donors (Lipinski definition) is 0. The first-order valence-electron chi connectivity index (χ1n) is 2.56. The highest BCUT2D eigenvalue weighted by Crippen LogP contribution is 2.24. The summed E-state index contributed by atoms with van der Waals surface area (Å²) in [5.41, 5.74) is 0. The third kappa shape index (κ3) is 1.61. The molecular formula is C6H5BrF2. The summed E-state index contributed by atoms with van der Waals surface area (Å²) in [6.07, 6.45) is 2.85. The molecule has 0 aromatic carbocycles. The van der Waals surface area contributed by atoms with Crippen LogP contribution >= 0.6 is 15.9 Å². The Kier molecular flexibility index (Phi) is 2.01. The van der Waals surface area contributed by atoms with Crippen LogP contribution in [-0.2, 0) is 0 Å². The van der Waals surface area contributed by atoms with Crippen LogP contribution in [-0.4, -0.2) is 4.83 Å². The van der Waals surface area contributed by atoms with Gasteiger partial charge in [0, 0.05) is 11.2 Å². The van der Waals surface area contributed by atoms with Crippen LogP contribution in [0.15, 0.2) is 23.8 Å². The van der Waals surface area contributed by atoms with Gasteiger partial charge in [0.25, 0.3) is 0 Å². The molecule has 0 amide bonds. The second kappa shape index (κ2) is 2.60. The molecule has 1 aliphatic rings. The van der Waals surface area contributed by atoms with E-state index < -0.39 is 11.7 Å². The lowest BCUT2D eigenvalue weighted by Gasteiger charge is -2.06. The van der Waals surface area contributed by atoms with E-state index in [4.69, 9.17) is 0 Å². The van der Waals surface area contributed by atoms with Crippen molar-refractivity contribution in [3.63, 3.8) is 0 Å². The standard InChI is InChI=1S/C6H5BrF2/c7-4-1-2-5(8)6(9)3-4/h1-2,4H,3H2. The molecule has 0 aromatic rings. The maximum atomic E-state index is 12.3. The van der Waals surface area contributed by atoms with E-state index in [1.165, 1.54) is 0 Å². The summed E-state index contributed by atoms with van der Waals surface area (Å²) in [5, 5.41) is 0. The number of alkyl halides is 1. The average molecular weight is 195 g/mol. The second-order valence-corrected chi connectivity index (χ2v) is 3.01. The monoisotopic (exact) mass is 194 g/mol. The largest absolute Gasteiger partial charge is 0.209 e. The molecule has 0 saturated carbocycles. The summed E-state index contributed by atoms with van der Waals surface area (Å²) >= 11 is 3.13. The van der Waals surface area contributed by atoms with Gasteiger partial charge in [-0.2, -0.15) is 0 Å². The average Bonchev–Trinajstić information content (AvgIpc) is 1.80. The Balaban J connectivity index is 2.75. The Morgan fingerprint density at radius 3 is 2.67 bits per heavy atom. The predicted octanol–water partition coefficient (Wildman–Crippen LogP) is 2.86. The molecule has 0 spiro atoms. The van der Waals surface area contributed by atoms with E-state index in [9.17, 15) is 8.78 Å². The van der Waals surface area contributed by atoms with Gasteiger partial charge in [0.2, 0.25) is 0 Å². The highest BCUT2D eigenvalue weighted by Gasteiger charge is 2.12. The normalized spacial score (nSPS) is 27.2. The summed E-state index contributed by atoms with van der Waals surface area (Å²) in [5.74, 6) is -1.41. The maximum absolute atomic E-state index is 12.3. The molecule has 0 bridgehead atoms. The number of halogens is 3. The van der Waals surface area contributed by atoms with Crippen LogP contribution in [0.3, 0.4) is 0 Å². The fourth-order valence-electron chi connectivity index (χ4n) is 0.616. The van der Waals surface area contributed by atoms with Crippen LogP contribution in [0.2, 0.25) is 0 Å². The fourth-order valence-corrected chi connectivity index (χ4v) is 1.05. The minimum Gasteiger partial charge on any atom is -0.209 e. The molecule has 0 N–H and O–H groups in total. The van der Waals surface area contributed by atoms with Crippen molar-refractivity contribution >= 4 is 15.9 Å². The minimum atomic E-state index is -0.745. The van der Waals surface area contributed by atoms with Gasteiger partial charge >= 0.3 is 0 Å². The van der Waals surface area contributed by atoms with Crippen LogP contribution in [0.4, 0.5) is 8.78 Å². The molecule has 1 unspecified atom stereocenters. The van der Waals surface area contributed by atoms with Gasteiger partial charge in [0.15, 0.2) is 5.83 Å². The second-order valence-electron chi connectivity index (χ2n) is 1.83. The molecule has 1 aliphatic carbocycles. The lowest BCUT2D eigenvalue weighted by Crippen LogP contribution is -1.98. The SMILES string of the molecule is FC1=C(F)CC(Br)C=C1. The van der Waals surface area contributed by atoms with E-state index in [1.807, 2.05) is 0 Å². The molecular weight excluding hydrogens is 190 g/mol. The third-order valence-corrected chi connectivity index (χ3v) is 1.71. The molecule has 0 aromatic heterocycles. The summed E-state index contributed by atoms with van der Waals surface area (Å²) < 4.78 is 24.4. The van der Waals surface area contributed by atoms with Crippen LogP contribution < -0.4 is 0 Å².